The number of amides is 1. The summed E-state index contributed by atoms with van der Waals surface area (Å²) in [5.41, 5.74) is 8.00. The first-order valence-electron chi connectivity index (χ1n) is 12.7. The van der Waals surface area contributed by atoms with E-state index < -0.39 is 0 Å². The maximum atomic E-state index is 12.9. The topological polar surface area (TPSA) is 86.8 Å². The number of imidazole rings is 1. The lowest BCUT2D eigenvalue weighted by Crippen LogP contribution is -2.42. The number of fused-ring (bicyclic) bond motifs is 1. The van der Waals surface area contributed by atoms with E-state index in [1.165, 1.54) is 5.57 Å². The highest BCUT2D eigenvalue weighted by molar-refractivity contribution is 5.89. The fourth-order valence-electron chi connectivity index (χ4n) is 5.30. The third-order valence-electron chi connectivity index (χ3n) is 7.32. The molecule has 0 saturated carbocycles. The Kier molecular flexibility index (Phi) is 6.07. The van der Waals surface area contributed by atoms with E-state index in [1.807, 2.05) is 42.3 Å². The number of rotatable bonds is 4. The molecular formula is C29H30N6O. The number of carbonyl (C=O) groups is 1. The predicted octanol–water partition coefficient (Wildman–Crippen LogP) is 4.61. The second kappa shape index (κ2) is 9.66. The van der Waals surface area contributed by atoms with Crippen LogP contribution in [-0.4, -0.2) is 56.9 Å². The van der Waals surface area contributed by atoms with Crippen LogP contribution in [0.2, 0.25) is 0 Å². The highest BCUT2D eigenvalue weighted by Crippen LogP contribution is 2.31. The number of hydrogen-bond donors (Lipinski definition) is 2. The first-order valence-corrected chi connectivity index (χ1v) is 12.7. The zero-order chi connectivity index (χ0) is 24.5. The van der Waals surface area contributed by atoms with Gasteiger partial charge in [0.2, 0.25) is 5.91 Å². The van der Waals surface area contributed by atoms with E-state index in [2.05, 4.69) is 44.5 Å². The van der Waals surface area contributed by atoms with Gasteiger partial charge in [-0.05, 0) is 80.7 Å². The Bertz CT molecular complexity index is 1450. The summed E-state index contributed by atoms with van der Waals surface area (Å²) in [6.07, 6.45) is 8.61. The number of nitrogens with zero attached hydrogens (tertiary/aromatic N) is 4. The van der Waals surface area contributed by atoms with Crippen LogP contribution >= 0.6 is 0 Å². The van der Waals surface area contributed by atoms with Gasteiger partial charge in [-0.25, -0.2) is 4.98 Å². The molecule has 4 aromatic rings. The molecule has 0 radical (unpaired) electrons. The SMILES string of the molecule is Cc1cccc(-c2[nH]cnc2-c2ccc3ncc(C4=CCN(C(=O)C5CCNCC5)CC4)cc3c2)n1. The average molecular weight is 479 g/mol. The van der Waals surface area contributed by atoms with E-state index in [-0.39, 0.29) is 5.92 Å². The molecule has 36 heavy (non-hydrogen) atoms. The van der Waals surface area contributed by atoms with Gasteiger partial charge in [0.15, 0.2) is 0 Å². The van der Waals surface area contributed by atoms with E-state index in [1.54, 1.807) is 6.33 Å². The molecule has 0 atom stereocenters. The van der Waals surface area contributed by atoms with Gasteiger partial charge in [0.1, 0.15) is 0 Å². The smallest absolute Gasteiger partial charge is 0.226 e. The molecule has 1 amide bonds. The maximum Gasteiger partial charge on any atom is 0.226 e. The Balaban J connectivity index is 1.25. The molecule has 2 aliphatic heterocycles. The molecule has 0 unspecified atom stereocenters. The number of benzene rings is 1. The van der Waals surface area contributed by atoms with Gasteiger partial charge in [-0.15, -0.1) is 0 Å². The Hall–Kier alpha value is -3.84. The molecule has 1 saturated heterocycles. The van der Waals surface area contributed by atoms with Gasteiger partial charge in [0.25, 0.3) is 0 Å². The number of aromatic nitrogens is 4. The van der Waals surface area contributed by atoms with Crippen molar-refractivity contribution in [1.29, 1.82) is 0 Å². The molecule has 7 heteroatoms. The molecule has 0 aliphatic carbocycles. The number of piperidine rings is 1. The summed E-state index contributed by atoms with van der Waals surface area (Å²) in [6, 6.07) is 14.5. The van der Waals surface area contributed by atoms with Crippen molar-refractivity contribution in [3.63, 3.8) is 0 Å². The molecule has 5 heterocycles. The number of aromatic amines is 1. The molecule has 1 aromatic carbocycles. The van der Waals surface area contributed by atoms with E-state index in [4.69, 9.17) is 4.98 Å². The van der Waals surface area contributed by atoms with Crippen LogP contribution in [0, 0.1) is 12.8 Å². The Morgan fingerprint density at radius 3 is 2.72 bits per heavy atom. The predicted molar refractivity (Wildman–Crippen MR) is 142 cm³/mol. The van der Waals surface area contributed by atoms with Gasteiger partial charge in [-0.1, -0.05) is 18.2 Å². The van der Waals surface area contributed by atoms with Gasteiger partial charge >= 0.3 is 0 Å². The second-order valence-corrected chi connectivity index (χ2v) is 9.71. The zero-order valence-corrected chi connectivity index (χ0v) is 20.5. The highest BCUT2D eigenvalue weighted by Gasteiger charge is 2.27. The summed E-state index contributed by atoms with van der Waals surface area (Å²) in [6.45, 7) is 5.32. The maximum absolute atomic E-state index is 12.9. The fourth-order valence-corrected chi connectivity index (χ4v) is 5.30. The molecule has 182 valence electrons. The summed E-state index contributed by atoms with van der Waals surface area (Å²) in [7, 11) is 0. The lowest BCUT2D eigenvalue weighted by molar-refractivity contribution is -0.135. The van der Waals surface area contributed by atoms with E-state index in [9.17, 15) is 4.79 Å². The van der Waals surface area contributed by atoms with Gasteiger partial charge in [-0.2, -0.15) is 0 Å². The minimum absolute atomic E-state index is 0.170. The number of H-pyrrole nitrogens is 1. The van der Waals surface area contributed by atoms with Crippen LogP contribution in [0.3, 0.4) is 0 Å². The molecule has 1 fully saturated rings. The second-order valence-electron chi connectivity index (χ2n) is 9.71. The largest absolute Gasteiger partial charge is 0.343 e. The first kappa shape index (κ1) is 22.6. The van der Waals surface area contributed by atoms with Crippen molar-refractivity contribution in [3.05, 3.63) is 72.3 Å². The Labute approximate surface area is 210 Å². The summed E-state index contributed by atoms with van der Waals surface area (Å²) in [4.78, 5) is 32.2. The average Bonchev–Trinajstić information content (AvgIpc) is 3.43. The number of carbonyl (C=O) groups excluding carboxylic acids is 1. The lowest BCUT2D eigenvalue weighted by atomic mass is 9.94. The minimum atomic E-state index is 0.170. The molecule has 0 bridgehead atoms. The number of hydrogen-bond acceptors (Lipinski definition) is 5. The molecule has 7 nitrogen and oxygen atoms in total. The molecular weight excluding hydrogens is 448 g/mol. The van der Waals surface area contributed by atoms with Crippen LogP contribution in [0.15, 0.2) is 61.1 Å². The normalized spacial score (nSPS) is 16.8. The first-order chi connectivity index (χ1) is 17.7. The van der Waals surface area contributed by atoms with Gasteiger partial charge < -0.3 is 15.2 Å². The summed E-state index contributed by atoms with van der Waals surface area (Å²) in [5, 5.41) is 4.42. The summed E-state index contributed by atoms with van der Waals surface area (Å²) >= 11 is 0. The monoisotopic (exact) mass is 478 g/mol. The van der Waals surface area contributed by atoms with Crippen LogP contribution in [-0.2, 0) is 4.79 Å². The van der Waals surface area contributed by atoms with Crippen molar-refractivity contribution in [2.24, 2.45) is 5.92 Å². The van der Waals surface area contributed by atoms with Crippen LogP contribution in [0.1, 0.15) is 30.5 Å². The Morgan fingerprint density at radius 1 is 1.06 bits per heavy atom. The van der Waals surface area contributed by atoms with Crippen molar-refractivity contribution in [2.75, 3.05) is 26.2 Å². The quantitative estimate of drug-likeness (QED) is 0.447. The van der Waals surface area contributed by atoms with Crippen LogP contribution in [0.25, 0.3) is 39.1 Å². The molecule has 0 spiro atoms. The van der Waals surface area contributed by atoms with Crippen molar-refractivity contribution in [1.82, 2.24) is 30.2 Å². The third-order valence-corrected chi connectivity index (χ3v) is 7.32. The van der Waals surface area contributed by atoms with Crippen LogP contribution in [0.4, 0.5) is 0 Å². The fraction of sp³-hybridized carbons (Fsp3) is 0.310. The van der Waals surface area contributed by atoms with Crippen molar-refractivity contribution in [2.45, 2.75) is 26.2 Å². The number of nitrogens with one attached hydrogen (secondary N) is 2. The number of pyridine rings is 2. The minimum Gasteiger partial charge on any atom is -0.343 e. The molecule has 2 N–H and O–H groups in total. The Morgan fingerprint density at radius 2 is 1.92 bits per heavy atom. The third kappa shape index (κ3) is 4.42. The van der Waals surface area contributed by atoms with Crippen molar-refractivity contribution < 1.29 is 4.79 Å². The van der Waals surface area contributed by atoms with E-state index in [0.717, 1.165) is 83.7 Å². The van der Waals surface area contributed by atoms with Gasteiger partial charge in [0.05, 0.1) is 28.9 Å². The van der Waals surface area contributed by atoms with Gasteiger partial charge in [0, 0.05) is 41.8 Å². The standard InChI is InChI=1S/C29H30N6O/c1-19-3-2-4-26(34-19)28-27(32-18-33-28)22-5-6-25-23(15-22)16-24(17-31-25)20-9-13-35(14-10-20)29(36)21-7-11-30-12-8-21/h2-6,9,15-18,21,30H,7-8,10-14H2,1H3,(H,32,33). The molecule has 2 aliphatic rings. The molecule has 6 rings (SSSR count). The highest BCUT2D eigenvalue weighted by atomic mass is 16.2. The van der Waals surface area contributed by atoms with Crippen molar-refractivity contribution in [3.8, 4) is 22.6 Å². The summed E-state index contributed by atoms with van der Waals surface area (Å²) < 4.78 is 0. The van der Waals surface area contributed by atoms with Crippen LogP contribution in [0.5, 0.6) is 0 Å². The van der Waals surface area contributed by atoms with Crippen molar-refractivity contribution >= 4 is 22.4 Å². The van der Waals surface area contributed by atoms with E-state index >= 15 is 0 Å². The lowest BCUT2D eigenvalue weighted by Gasteiger charge is -2.31. The summed E-state index contributed by atoms with van der Waals surface area (Å²) in [5.74, 6) is 0.481. The zero-order valence-electron chi connectivity index (χ0n) is 20.5. The number of aryl methyl sites for hydroxylation is 1. The van der Waals surface area contributed by atoms with E-state index in [0.29, 0.717) is 12.5 Å². The molecule has 3 aromatic heterocycles. The van der Waals surface area contributed by atoms with Crippen LogP contribution < -0.4 is 5.32 Å². The van der Waals surface area contributed by atoms with Gasteiger partial charge in [-0.3, -0.25) is 14.8 Å².